The summed E-state index contributed by atoms with van der Waals surface area (Å²) in [7, 11) is 0.150. The van der Waals surface area contributed by atoms with Crippen LogP contribution in [0, 0.1) is 0 Å². The van der Waals surface area contributed by atoms with Crippen LogP contribution in [0.2, 0.25) is 0 Å². The van der Waals surface area contributed by atoms with Crippen LogP contribution in [-0.2, 0) is 9.83 Å². The molecule has 0 heterocycles. The molecule has 1 atom stereocenters. The van der Waals surface area contributed by atoms with E-state index in [9.17, 15) is 4.21 Å². The summed E-state index contributed by atoms with van der Waals surface area (Å²) in [5.74, 6) is 0.775. The number of aliphatic hydroxyl groups is 2. The van der Waals surface area contributed by atoms with Crippen LogP contribution in [-0.4, -0.2) is 39.1 Å². The first kappa shape index (κ1) is 9.42. The van der Waals surface area contributed by atoms with Crippen molar-refractivity contribution in [2.45, 2.75) is 0 Å². The van der Waals surface area contributed by atoms with Gasteiger partial charge in [-0.05, 0) is 0 Å². The zero-order valence-corrected chi connectivity index (χ0v) is 6.58. The van der Waals surface area contributed by atoms with Crippen molar-refractivity contribution in [2.24, 2.45) is 0 Å². The van der Waals surface area contributed by atoms with Gasteiger partial charge in [-0.3, -0.25) is 0 Å². The van der Waals surface area contributed by atoms with Gasteiger partial charge in [0.25, 0.3) is 0 Å². The summed E-state index contributed by atoms with van der Waals surface area (Å²) in [5, 5.41) is 16.5. The number of hydrogen-bond acceptors (Lipinski definition) is 4. The summed E-state index contributed by atoms with van der Waals surface area (Å²) in [6.45, 7) is -0.00707. The smallest absolute Gasteiger partial charge is 0.0827 e. The van der Waals surface area contributed by atoms with Crippen LogP contribution < -0.4 is 0 Å². The molecule has 5 heteroatoms. The molecule has 0 aliphatic heterocycles. The van der Waals surface area contributed by atoms with Crippen LogP contribution in [0.1, 0.15) is 0 Å². The molecular formula is C4H10O3S2. The van der Waals surface area contributed by atoms with Crippen molar-refractivity contribution in [3.05, 3.63) is 0 Å². The first-order valence-corrected chi connectivity index (χ1v) is 5.36. The van der Waals surface area contributed by atoms with E-state index in [2.05, 4.69) is 0 Å². The molecule has 0 bridgehead atoms. The zero-order chi connectivity index (χ0) is 7.11. The normalized spacial score (nSPS) is 13.6. The van der Waals surface area contributed by atoms with Crippen LogP contribution in [0.3, 0.4) is 0 Å². The predicted molar refractivity (Wildman–Crippen MR) is 39.6 cm³/mol. The average Bonchev–Trinajstić information content (AvgIpc) is 1.85. The molecule has 0 saturated heterocycles. The fourth-order valence-electron chi connectivity index (χ4n) is 0.264. The van der Waals surface area contributed by atoms with E-state index >= 15 is 0 Å². The van der Waals surface area contributed by atoms with Gasteiger partial charge in [-0.1, -0.05) is 10.8 Å². The minimum absolute atomic E-state index is 0.0435. The number of rotatable bonds is 5. The van der Waals surface area contributed by atoms with Gasteiger partial charge in [0, 0.05) is 5.75 Å². The second kappa shape index (κ2) is 6.54. The first-order valence-electron chi connectivity index (χ1n) is 2.54. The van der Waals surface area contributed by atoms with Gasteiger partial charge in [0.15, 0.2) is 0 Å². The van der Waals surface area contributed by atoms with Crippen molar-refractivity contribution in [2.75, 3.05) is 24.7 Å². The van der Waals surface area contributed by atoms with E-state index in [1.807, 2.05) is 0 Å². The lowest BCUT2D eigenvalue weighted by Crippen LogP contribution is -1.99. The van der Waals surface area contributed by atoms with Crippen LogP contribution in [0.25, 0.3) is 0 Å². The third-order valence-corrected chi connectivity index (χ3v) is 3.48. The summed E-state index contributed by atoms with van der Waals surface area (Å²) in [5.41, 5.74) is 0. The van der Waals surface area contributed by atoms with Gasteiger partial charge < -0.3 is 10.2 Å². The summed E-state index contributed by atoms with van der Waals surface area (Å²) in [6, 6.07) is 0. The maximum atomic E-state index is 10.6. The summed E-state index contributed by atoms with van der Waals surface area (Å²) < 4.78 is 10.6. The summed E-state index contributed by atoms with van der Waals surface area (Å²) in [4.78, 5) is 0. The quantitative estimate of drug-likeness (QED) is 0.539. The van der Waals surface area contributed by atoms with E-state index in [0.717, 1.165) is 10.8 Å². The van der Waals surface area contributed by atoms with Gasteiger partial charge in [-0.15, -0.1) is 0 Å². The molecule has 0 aromatic heterocycles. The highest BCUT2D eigenvalue weighted by atomic mass is 33.1. The predicted octanol–water partition coefficient (Wildman–Crippen LogP) is -0.632. The van der Waals surface area contributed by atoms with E-state index < -0.39 is 9.83 Å². The van der Waals surface area contributed by atoms with E-state index in [-0.39, 0.29) is 13.2 Å². The maximum Gasteiger partial charge on any atom is 0.0827 e. The number of aliphatic hydroxyl groups excluding tert-OH is 2. The molecule has 56 valence electrons. The standard InChI is InChI=1S/C4H10O3S2/c5-1-3-8-9(7)4-2-6/h5-6H,1-4H2. The van der Waals surface area contributed by atoms with Gasteiger partial charge >= 0.3 is 0 Å². The molecule has 1 unspecified atom stereocenters. The van der Waals surface area contributed by atoms with Gasteiger partial charge in [-0.2, -0.15) is 0 Å². The van der Waals surface area contributed by atoms with Gasteiger partial charge in [0.2, 0.25) is 0 Å². The Morgan fingerprint density at radius 2 is 2.00 bits per heavy atom. The highest BCUT2D eigenvalue weighted by Crippen LogP contribution is 2.05. The monoisotopic (exact) mass is 170 g/mol. The minimum atomic E-state index is -1.01. The van der Waals surface area contributed by atoms with Gasteiger partial charge in [0.05, 0.1) is 28.8 Å². The SMILES string of the molecule is O=S(CCO)SCCO. The highest BCUT2D eigenvalue weighted by molar-refractivity contribution is 8.69. The van der Waals surface area contributed by atoms with E-state index in [4.69, 9.17) is 10.2 Å². The lowest BCUT2D eigenvalue weighted by molar-refractivity contribution is 0.321. The third-order valence-electron chi connectivity index (χ3n) is 0.564. The van der Waals surface area contributed by atoms with Gasteiger partial charge in [-0.25, -0.2) is 4.21 Å². The molecule has 0 aliphatic carbocycles. The first-order chi connectivity index (χ1) is 4.31. The van der Waals surface area contributed by atoms with Crippen molar-refractivity contribution in [1.82, 2.24) is 0 Å². The van der Waals surface area contributed by atoms with Crippen molar-refractivity contribution in [3.63, 3.8) is 0 Å². The molecule has 0 aromatic carbocycles. The second-order valence-corrected chi connectivity index (χ2v) is 4.76. The Labute approximate surface area is 60.3 Å². The van der Waals surface area contributed by atoms with E-state index in [0.29, 0.717) is 11.5 Å². The second-order valence-electron chi connectivity index (χ2n) is 1.28. The fourth-order valence-corrected chi connectivity index (χ4v) is 2.15. The van der Waals surface area contributed by atoms with Crippen molar-refractivity contribution in [1.29, 1.82) is 0 Å². The molecule has 0 spiro atoms. The largest absolute Gasteiger partial charge is 0.395 e. The van der Waals surface area contributed by atoms with Crippen molar-refractivity contribution >= 4 is 20.6 Å². The Hall–Kier alpha value is 0.420. The molecular weight excluding hydrogens is 160 g/mol. The molecule has 9 heavy (non-hydrogen) atoms. The Balaban J connectivity index is 3.06. The maximum absolute atomic E-state index is 10.6. The minimum Gasteiger partial charge on any atom is -0.395 e. The topological polar surface area (TPSA) is 57.5 Å². The van der Waals surface area contributed by atoms with Gasteiger partial charge in [0.1, 0.15) is 0 Å². The molecule has 0 saturated carbocycles. The Morgan fingerprint density at radius 1 is 1.33 bits per heavy atom. The highest BCUT2D eigenvalue weighted by Gasteiger charge is 1.96. The molecule has 0 radical (unpaired) electrons. The van der Waals surface area contributed by atoms with Crippen LogP contribution in [0.5, 0.6) is 0 Å². The average molecular weight is 170 g/mol. The van der Waals surface area contributed by atoms with Crippen molar-refractivity contribution in [3.8, 4) is 0 Å². The fraction of sp³-hybridized carbons (Fsp3) is 1.00. The lowest BCUT2D eigenvalue weighted by atomic mass is 10.9. The van der Waals surface area contributed by atoms with E-state index in [1.165, 1.54) is 0 Å². The molecule has 0 aromatic rings. The van der Waals surface area contributed by atoms with Crippen LogP contribution in [0.4, 0.5) is 0 Å². The van der Waals surface area contributed by atoms with Crippen LogP contribution in [0.15, 0.2) is 0 Å². The van der Waals surface area contributed by atoms with Crippen molar-refractivity contribution < 1.29 is 14.4 Å². The Kier molecular flexibility index (Phi) is 6.84. The Morgan fingerprint density at radius 3 is 2.44 bits per heavy atom. The molecule has 2 N–H and O–H groups in total. The molecule has 3 nitrogen and oxygen atoms in total. The molecule has 0 amide bonds. The molecule has 0 rings (SSSR count). The molecule has 0 aliphatic rings. The zero-order valence-electron chi connectivity index (χ0n) is 4.95. The third kappa shape index (κ3) is 6.30. The van der Waals surface area contributed by atoms with Crippen LogP contribution >= 0.6 is 10.8 Å². The molecule has 0 fully saturated rings. The Bertz CT molecular complexity index is 85.9. The summed E-state index contributed by atoms with van der Waals surface area (Å²) >= 11 is 0. The lowest BCUT2D eigenvalue weighted by Gasteiger charge is -1.94. The number of hydrogen-bond donors (Lipinski definition) is 2. The van der Waals surface area contributed by atoms with E-state index in [1.54, 1.807) is 0 Å². The summed E-state index contributed by atoms with van der Waals surface area (Å²) in [6.07, 6.45) is 0.